The second-order valence-corrected chi connectivity index (χ2v) is 8.04. The molecular formula is C21H19ClN8O3. The van der Waals surface area contributed by atoms with Gasteiger partial charge in [0.2, 0.25) is 5.95 Å². The highest BCUT2D eigenvalue weighted by atomic mass is 35.5. The van der Waals surface area contributed by atoms with Crippen molar-refractivity contribution < 1.29 is 14.4 Å². The van der Waals surface area contributed by atoms with Crippen LogP contribution < -0.4 is 5.32 Å². The smallest absolute Gasteiger partial charge is 0.260 e. The summed E-state index contributed by atoms with van der Waals surface area (Å²) < 4.78 is 6.93. The van der Waals surface area contributed by atoms with Crippen molar-refractivity contribution in [3.8, 4) is 22.8 Å². The molecule has 1 saturated heterocycles. The van der Waals surface area contributed by atoms with Gasteiger partial charge in [0.1, 0.15) is 16.5 Å². The number of nitrogens with zero attached hydrogens (tertiary/aromatic N) is 7. The number of pyridine rings is 1. The summed E-state index contributed by atoms with van der Waals surface area (Å²) in [7, 11) is 3.37. The highest BCUT2D eigenvalue weighted by Crippen LogP contribution is 2.34. The topological polar surface area (TPSA) is 135 Å². The first-order chi connectivity index (χ1) is 15.8. The summed E-state index contributed by atoms with van der Waals surface area (Å²) in [6.45, 7) is 0.444. The molecule has 5 rings (SSSR count). The van der Waals surface area contributed by atoms with Crippen molar-refractivity contribution in [2.24, 2.45) is 7.05 Å². The molecule has 0 spiro atoms. The van der Waals surface area contributed by atoms with E-state index >= 15 is 0 Å². The fourth-order valence-electron chi connectivity index (χ4n) is 3.59. The van der Waals surface area contributed by atoms with Gasteiger partial charge in [0.15, 0.2) is 11.4 Å². The number of likely N-dealkylation sites (N-methyl/N-ethyl adjacent to an activating group) is 1. The van der Waals surface area contributed by atoms with Crippen molar-refractivity contribution in [2.75, 3.05) is 18.9 Å². The SMILES string of the molecule is CN1CCC(O)(c2cc(-c3cccc(-c4ccnc(Nc5cnn(C)c5Cl)n4)n3)on2)C1=O. The lowest BCUT2D eigenvalue weighted by Gasteiger charge is -2.16. The van der Waals surface area contributed by atoms with Crippen molar-refractivity contribution >= 4 is 29.1 Å². The maximum absolute atomic E-state index is 12.3. The van der Waals surface area contributed by atoms with E-state index in [0.29, 0.717) is 46.2 Å². The van der Waals surface area contributed by atoms with Crippen LogP contribution in [-0.4, -0.2) is 59.4 Å². The Morgan fingerprint density at radius 3 is 2.70 bits per heavy atom. The monoisotopic (exact) mass is 466 g/mol. The quantitative estimate of drug-likeness (QED) is 0.454. The Balaban J connectivity index is 1.42. The van der Waals surface area contributed by atoms with E-state index in [2.05, 4.69) is 30.5 Å². The number of carbonyl (C=O) groups is 1. The molecule has 0 aromatic carbocycles. The minimum Gasteiger partial charge on any atom is -0.374 e. The molecule has 1 amide bonds. The summed E-state index contributed by atoms with van der Waals surface area (Å²) in [5, 5.41) is 22.3. The molecule has 4 aromatic rings. The molecule has 5 heterocycles. The predicted octanol–water partition coefficient (Wildman–Crippen LogP) is 2.37. The fourth-order valence-corrected chi connectivity index (χ4v) is 3.72. The number of hydrogen-bond donors (Lipinski definition) is 2. The third-order valence-electron chi connectivity index (χ3n) is 5.48. The number of aromatic nitrogens is 6. The number of rotatable bonds is 5. The minimum atomic E-state index is -1.69. The Kier molecular flexibility index (Phi) is 5.06. The molecule has 1 aliphatic heterocycles. The number of carbonyl (C=O) groups excluding carboxylic acids is 1. The summed E-state index contributed by atoms with van der Waals surface area (Å²) in [5.74, 6) is 0.263. The number of hydrogen-bond acceptors (Lipinski definition) is 9. The van der Waals surface area contributed by atoms with Crippen LogP contribution in [0.25, 0.3) is 22.8 Å². The molecule has 12 heteroatoms. The van der Waals surface area contributed by atoms with E-state index in [9.17, 15) is 9.90 Å². The van der Waals surface area contributed by atoms with Crippen molar-refractivity contribution in [1.82, 2.24) is 34.8 Å². The normalized spacial score (nSPS) is 18.2. The molecule has 1 aliphatic rings. The second kappa shape index (κ2) is 7.94. The molecule has 0 saturated carbocycles. The molecule has 4 aromatic heterocycles. The van der Waals surface area contributed by atoms with Gasteiger partial charge in [-0.2, -0.15) is 5.10 Å². The number of amides is 1. The maximum Gasteiger partial charge on any atom is 0.260 e. The van der Waals surface area contributed by atoms with Crippen molar-refractivity contribution in [2.45, 2.75) is 12.0 Å². The van der Waals surface area contributed by atoms with Crippen molar-refractivity contribution in [3.05, 3.63) is 53.6 Å². The van der Waals surface area contributed by atoms with E-state index in [0.717, 1.165) is 0 Å². The average molecular weight is 467 g/mol. The first kappa shape index (κ1) is 21.0. The highest BCUT2D eigenvalue weighted by Gasteiger charge is 2.47. The highest BCUT2D eigenvalue weighted by molar-refractivity contribution is 6.32. The third-order valence-corrected chi connectivity index (χ3v) is 5.92. The van der Waals surface area contributed by atoms with Crippen LogP contribution in [0.4, 0.5) is 11.6 Å². The van der Waals surface area contributed by atoms with Crippen LogP contribution in [0.3, 0.4) is 0 Å². The van der Waals surface area contributed by atoms with Crippen LogP contribution in [0, 0.1) is 0 Å². The largest absolute Gasteiger partial charge is 0.374 e. The zero-order chi connectivity index (χ0) is 23.2. The second-order valence-electron chi connectivity index (χ2n) is 7.68. The van der Waals surface area contributed by atoms with Gasteiger partial charge in [0.05, 0.1) is 23.3 Å². The molecule has 33 heavy (non-hydrogen) atoms. The Morgan fingerprint density at radius 2 is 1.97 bits per heavy atom. The Bertz CT molecular complexity index is 1350. The van der Waals surface area contributed by atoms with Crippen molar-refractivity contribution in [1.29, 1.82) is 0 Å². The Labute approximate surface area is 193 Å². The number of nitrogens with one attached hydrogen (secondary N) is 1. The number of aliphatic hydroxyl groups is 1. The molecule has 0 bridgehead atoms. The Hall–Kier alpha value is -3.83. The van der Waals surface area contributed by atoms with Crippen LogP contribution >= 0.6 is 11.6 Å². The molecule has 0 aliphatic carbocycles. The molecule has 11 nitrogen and oxygen atoms in total. The van der Waals surface area contributed by atoms with Crippen LogP contribution in [0.1, 0.15) is 12.1 Å². The maximum atomic E-state index is 12.3. The number of likely N-dealkylation sites (tertiary alicyclic amines) is 1. The van der Waals surface area contributed by atoms with E-state index < -0.39 is 11.5 Å². The molecule has 2 N–H and O–H groups in total. The van der Waals surface area contributed by atoms with Crippen LogP contribution in [0.15, 0.2) is 47.2 Å². The van der Waals surface area contributed by atoms with Gasteiger partial charge in [-0.05, 0) is 18.2 Å². The number of halogens is 1. The molecule has 1 fully saturated rings. The summed E-state index contributed by atoms with van der Waals surface area (Å²) in [6.07, 6.45) is 3.44. The van der Waals surface area contributed by atoms with Gasteiger partial charge in [0.25, 0.3) is 5.91 Å². The lowest BCUT2D eigenvalue weighted by molar-refractivity contribution is -0.143. The molecule has 0 radical (unpaired) electrons. The van der Waals surface area contributed by atoms with Crippen molar-refractivity contribution in [3.63, 3.8) is 0 Å². The molecule has 1 atom stereocenters. The van der Waals surface area contributed by atoms with Crippen LogP contribution in [0.2, 0.25) is 5.15 Å². The van der Waals surface area contributed by atoms with Gasteiger partial charge in [-0.3, -0.25) is 9.48 Å². The van der Waals surface area contributed by atoms with E-state index in [1.807, 2.05) is 0 Å². The zero-order valence-electron chi connectivity index (χ0n) is 17.7. The fraction of sp³-hybridized carbons (Fsp3) is 0.238. The van der Waals surface area contributed by atoms with Gasteiger partial charge in [-0.1, -0.05) is 22.8 Å². The third kappa shape index (κ3) is 3.70. The van der Waals surface area contributed by atoms with E-state index in [-0.39, 0.29) is 12.1 Å². The van der Waals surface area contributed by atoms with Gasteiger partial charge < -0.3 is 19.8 Å². The van der Waals surface area contributed by atoms with E-state index in [1.54, 1.807) is 56.8 Å². The van der Waals surface area contributed by atoms with Gasteiger partial charge in [-0.25, -0.2) is 15.0 Å². The zero-order valence-corrected chi connectivity index (χ0v) is 18.5. The Morgan fingerprint density at radius 1 is 1.18 bits per heavy atom. The minimum absolute atomic E-state index is 0.168. The van der Waals surface area contributed by atoms with Gasteiger partial charge >= 0.3 is 0 Å². The van der Waals surface area contributed by atoms with E-state index in [1.165, 1.54) is 9.58 Å². The van der Waals surface area contributed by atoms with Gasteiger partial charge in [-0.15, -0.1) is 0 Å². The standard InChI is InChI=1S/C21H19ClN8O3/c1-29-9-7-21(32,19(29)31)17-10-16(33-28-17)14-5-3-4-12(25-14)13-6-8-23-20(26-13)27-15-11-24-30(2)18(15)22/h3-6,8,10-11,32H,7,9H2,1-2H3,(H,23,26,27). The first-order valence-electron chi connectivity index (χ1n) is 10.1. The number of anilines is 2. The molecule has 1 unspecified atom stereocenters. The lowest BCUT2D eigenvalue weighted by Crippen LogP contribution is -2.36. The number of aryl methyl sites for hydroxylation is 1. The summed E-state index contributed by atoms with van der Waals surface area (Å²) in [6, 6.07) is 8.61. The summed E-state index contributed by atoms with van der Waals surface area (Å²) >= 11 is 6.19. The summed E-state index contributed by atoms with van der Waals surface area (Å²) in [4.78, 5) is 27.1. The van der Waals surface area contributed by atoms with Crippen LogP contribution in [0.5, 0.6) is 0 Å². The predicted molar refractivity (Wildman–Crippen MR) is 118 cm³/mol. The average Bonchev–Trinajstić information content (AvgIpc) is 3.52. The molecular weight excluding hydrogens is 448 g/mol. The van der Waals surface area contributed by atoms with Crippen LogP contribution in [-0.2, 0) is 17.4 Å². The van der Waals surface area contributed by atoms with E-state index in [4.69, 9.17) is 16.1 Å². The first-order valence-corrected chi connectivity index (χ1v) is 10.4. The van der Waals surface area contributed by atoms with Gasteiger partial charge in [0, 0.05) is 39.3 Å². The molecule has 168 valence electrons. The lowest BCUT2D eigenvalue weighted by atomic mass is 9.97. The summed E-state index contributed by atoms with van der Waals surface area (Å²) in [5.41, 5.74) is 0.689.